The first-order chi connectivity index (χ1) is 25.0. The Balaban J connectivity index is 0.000000175. The average molecular weight is 711 g/mol. The fourth-order valence-electron chi connectivity index (χ4n) is 6.57. The third-order valence-corrected chi connectivity index (χ3v) is 9.73. The van der Waals surface area contributed by atoms with Crippen molar-refractivity contribution in [3.05, 3.63) is 83.0 Å². The van der Waals surface area contributed by atoms with E-state index in [0.717, 1.165) is 54.9 Å². The Morgan fingerprint density at radius 2 is 1.27 bits per heavy atom. The largest absolute Gasteiger partial charge is 0.369 e. The Morgan fingerprint density at radius 1 is 0.769 bits per heavy atom. The van der Waals surface area contributed by atoms with E-state index in [-0.39, 0.29) is 12.1 Å². The van der Waals surface area contributed by atoms with Gasteiger partial charge in [-0.15, -0.1) is 17.1 Å². The Bertz CT molecular complexity index is 2170. The molecule has 0 unspecified atom stereocenters. The van der Waals surface area contributed by atoms with Gasteiger partial charge in [-0.25, -0.2) is 4.68 Å². The third kappa shape index (κ3) is 8.98. The van der Waals surface area contributed by atoms with E-state index in [0.29, 0.717) is 40.5 Å². The Morgan fingerprint density at radius 3 is 1.73 bits per heavy atom. The fourth-order valence-corrected chi connectivity index (χ4v) is 6.57. The normalized spacial score (nSPS) is 19.8. The van der Waals surface area contributed by atoms with E-state index >= 15 is 0 Å². The van der Waals surface area contributed by atoms with Crippen LogP contribution in [0.1, 0.15) is 43.9 Å². The summed E-state index contributed by atoms with van der Waals surface area (Å²) in [5.74, 6) is 0.946. The molecule has 264 valence electrons. The highest BCUT2D eigenvalue weighted by molar-refractivity contribution is 6.83. The molecule has 0 saturated carbocycles. The van der Waals surface area contributed by atoms with Gasteiger partial charge in [-0.05, 0) is 54.5 Å². The minimum atomic E-state index is -1.10. The molecule has 15 heteroatoms. The van der Waals surface area contributed by atoms with Crippen LogP contribution in [-0.2, 0) is 0 Å². The van der Waals surface area contributed by atoms with Crippen molar-refractivity contribution >= 4 is 41.5 Å². The van der Waals surface area contributed by atoms with Gasteiger partial charge in [-0.1, -0.05) is 43.8 Å². The van der Waals surface area contributed by atoms with Crippen molar-refractivity contribution in [2.24, 2.45) is 17.0 Å². The summed E-state index contributed by atoms with van der Waals surface area (Å²) in [5, 5.41) is 30.5. The van der Waals surface area contributed by atoms with Gasteiger partial charge in [0, 0.05) is 62.1 Å². The molecule has 5 heterocycles. The lowest BCUT2D eigenvalue weighted by molar-refractivity contribution is 0.309. The maximum Gasteiger partial charge on any atom is 0.128 e. The summed E-state index contributed by atoms with van der Waals surface area (Å²) in [4.78, 5) is 25.0. The highest BCUT2D eigenvalue weighted by Gasteiger charge is 2.29. The van der Waals surface area contributed by atoms with Crippen LogP contribution in [0.2, 0.25) is 19.6 Å². The minimum Gasteiger partial charge on any atom is -0.369 e. The minimum absolute atomic E-state index is 0.0453. The number of aromatic nitrogens is 7. The maximum atomic E-state index is 9.30. The van der Waals surface area contributed by atoms with E-state index in [1.54, 1.807) is 37.1 Å². The van der Waals surface area contributed by atoms with Crippen LogP contribution in [0.25, 0.3) is 32.5 Å². The number of nitriles is 2. The van der Waals surface area contributed by atoms with Crippen molar-refractivity contribution in [3.63, 3.8) is 0 Å². The first kappa shape index (κ1) is 37.2. The monoisotopic (exact) mass is 710 g/mol. The van der Waals surface area contributed by atoms with E-state index < -0.39 is 8.07 Å². The quantitative estimate of drug-likeness (QED) is 0.0639. The molecule has 2 saturated heterocycles. The lowest BCUT2D eigenvalue weighted by Gasteiger charge is -2.38. The molecular weight excluding hydrogens is 669 g/mol. The van der Waals surface area contributed by atoms with Crippen molar-refractivity contribution in [3.8, 4) is 24.1 Å². The van der Waals surface area contributed by atoms with Crippen LogP contribution in [0.15, 0.2) is 66.6 Å². The summed E-state index contributed by atoms with van der Waals surface area (Å²) in [6.07, 6.45) is 17.2. The van der Waals surface area contributed by atoms with Gasteiger partial charge < -0.3 is 9.80 Å². The van der Waals surface area contributed by atoms with Crippen LogP contribution < -0.4 is 9.80 Å². The van der Waals surface area contributed by atoms with E-state index in [1.165, 1.54) is 0 Å². The molecule has 2 aromatic carbocycles. The van der Waals surface area contributed by atoms with Crippen molar-refractivity contribution in [1.82, 2.24) is 34.9 Å². The molecule has 0 spiro atoms. The number of anilines is 2. The predicted octanol–water partition coefficient (Wildman–Crippen LogP) is 6.70. The van der Waals surface area contributed by atoms with Gasteiger partial charge in [-0.2, -0.15) is 10.5 Å². The van der Waals surface area contributed by atoms with Crippen LogP contribution in [0, 0.1) is 46.5 Å². The number of hydrogen-bond acceptors (Lipinski definition) is 11. The molecule has 0 bridgehead atoms. The average Bonchev–Trinajstić information content (AvgIpc) is 3.69. The van der Waals surface area contributed by atoms with Gasteiger partial charge in [0.2, 0.25) is 0 Å². The molecule has 0 amide bonds. The van der Waals surface area contributed by atoms with Crippen molar-refractivity contribution in [1.29, 1.82) is 10.5 Å². The molecule has 14 nitrogen and oxygen atoms in total. The van der Waals surface area contributed by atoms with Crippen LogP contribution in [0.3, 0.4) is 0 Å². The summed E-state index contributed by atoms with van der Waals surface area (Å²) in [5.41, 5.74) is 17.2. The topological polar surface area (TPSA) is 185 Å². The van der Waals surface area contributed by atoms with E-state index in [9.17, 15) is 10.5 Å². The zero-order valence-corrected chi connectivity index (χ0v) is 31.2. The Kier molecular flexibility index (Phi) is 12.0. The number of azide groups is 1. The van der Waals surface area contributed by atoms with Crippen molar-refractivity contribution < 1.29 is 0 Å². The molecule has 0 aliphatic carbocycles. The zero-order valence-electron chi connectivity index (χ0n) is 30.2. The number of piperidine rings is 2. The SMILES string of the molecule is C#C[Si](C)(C)C.C[C@H]1C[C@@H](N=[N+]=[N-])CN(c2ccc(C#N)c3nccnc23)C1.C[C@H]1C[C@@H](n2ccnn2)CN(c2ccc(C#N)c3nccnc23)C1. The van der Waals surface area contributed by atoms with Crippen LogP contribution in [-0.4, -0.2) is 75.2 Å². The molecule has 0 N–H and O–H groups in total. The molecule has 5 aromatic rings. The maximum absolute atomic E-state index is 9.30. The highest BCUT2D eigenvalue weighted by Crippen LogP contribution is 2.33. The van der Waals surface area contributed by atoms with Gasteiger partial charge in [0.25, 0.3) is 0 Å². The molecule has 2 aliphatic heterocycles. The number of terminal acetylenes is 1. The second kappa shape index (κ2) is 16.8. The number of benzene rings is 2. The highest BCUT2D eigenvalue weighted by atomic mass is 28.3. The van der Waals surface area contributed by atoms with Gasteiger partial charge in [0.05, 0.1) is 40.8 Å². The molecule has 7 rings (SSSR count). The number of hydrogen-bond donors (Lipinski definition) is 0. The number of rotatable bonds is 4. The molecule has 3 aromatic heterocycles. The molecule has 2 fully saturated rings. The smallest absolute Gasteiger partial charge is 0.128 e. The zero-order chi connectivity index (χ0) is 37.3. The lowest BCUT2D eigenvalue weighted by Crippen LogP contribution is -2.41. The van der Waals surface area contributed by atoms with Crippen molar-refractivity contribution in [2.75, 3.05) is 36.0 Å². The molecule has 52 heavy (non-hydrogen) atoms. The number of nitrogens with zero attached hydrogens (tertiary/aromatic N) is 14. The van der Waals surface area contributed by atoms with Crippen LogP contribution >= 0.6 is 0 Å². The van der Waals surface area contributed by atoms with Crippen molar-refractivity contribution in [2.45, 2.75) is 58.4 Å². The first-order valence-electron chi connectivity index (χ1n) is 17.2. The van der Waals surface area contributed by atoms with Crippen LogP contribution in [0.4, 0.5) is 11.4 Å². The van der Waals surface area contributed by atoms with E-state index in [4.69, 9.17) is 12.0 Å². The number of fused-ring (bicyclic) bond motifs is 2. The Hall–Kier alpha value is -6.07. The van der Waals surface area contributed by atoms with Gasteiger partial charge in [0.15, 0.2) is 0 Å². The van der Waals surface area contributed by atoms with Gasteiger partial charge in [-0.3, -0.25) is 19.9 Å². The lowest BCUT2D eigenvalue weighted by atomic mass is 9.95. The summed E-state index contributed by atoms with van der Waals surface area (Å²) in [6, 6.07) is 12.1. The summed E-state index contributed by atoms with van der Waals surface area (Å²) < 4.78 is 1.93. The second-order valence-electron chi connectivity index (χ2n) is 14.3. The fraction of sp³-hybridized carbons (Fsp3) is 0.405. The second-order valence-corrected chi connectivity index (χ2v) is 19.1. The molecule has 0 radical (unpaired) electrons. The standard InChI is InChI=1S/C17H17N7.C15H15N7.C5H10Si/c1-12-8-14(24-7-6-21-22-24)11-23(10-12)15-3-2-13(9-18)16-17(15)20-5-4-19-16;1-10-6-12(20-21-17)9-22(8-10)13-3-2-11(7-16)14-15(13)19-5-4-18-14;1-5-6(2,3)4/h2-7,12,14H,8,10-11H2,1H3;2-5,10,12H,6,8-9H2,1H3;1H,2-4H3/t12-,14+;10-,12+;/m00./s1. The van der Waals surface area contributed by atoms with E-state index in [1.807, 2.05) is 29.1 Å². The Labute approximate surface area is 304 Å². The molecular formula is C37H42N14Si. The van der Waals surface area contributed by atoms with E-state index in [2.05, 4.69) is 101 Å². The third-order valence-electron chi connectivity index (χ3n) is 8.87. The molecule has 4 atom stereocenters. The summed E-state index contributed by atoms with van der Waals surface area (Å²) in [6.45, 7) is 14.1. The summed E-state index contributed by atoms with van der Waals surface area (Å²) in [7, 11) is -1.10. The molecule has 2 aliphatic rings. The predicted molar refractivity (Wildman–Crippen MR) is 205 cm³/mol. The summed E-state index contributed by atoms with van der Waals surface area (Å²) >= 11 is 0. The van der Waals surface area contributed by atoms with Gasteiger partial charge in [0.1, 0.15) is 42.3 Å². The first-order valence-corrected chi connectivity index (χ1v) is 20.7. The van der Waals surface area contributed by atoms with Gasteiger partial charge >= 0.3 is 0 Å². The van der Waals surface area contributed by atoms with Crippen LogP contribution in [0.5, 0.6) is 0 Å².